The number of likely N-dealkylation sites (N-methyl/N-ethyl adjacent to an activating group) is 1. The number of benzene rings is 16. The number of hydrogen-bond acceptors (Lipinski definition) is 16. The van der Waals surface area contributed by atoms with Crippen LogP contribution in [0.25, 0.3) is 177 Å². The van der Waals surface area contributed by atoms with E-state index in [0.29, 0.717) is 72.6 Å². The van der Waals surface area contributed by atoms with Gasteiger partial charge in [0.2, 0.25) is 5.69 Å². The summed E-state index contributed by atoms with van der Waals surface area (Å²) < 4.78 is 1.90. The number of urea groups is 1. The van der Waals surface area contributed by atoms with Crippen molar-refractivity contribution in [1.82, 2.24) is 24.8 Å². The number of hydrogen-bond donors (Lipinski definition) is 10. The second-order valence-electron chi connectivity index (χ2n) is 35.9. The number of fused-ring (bicyclic) bond motifs is 4. The molecule has 10 N–H and O–H groups in total. The summed E-state index contributed by atoms with van der Waals surface area (Å²) in [7, 11) is 9.31. The van der Waals surface area contributed by atoms with E-state index in [1.807, 2.05) is 190 Å². The average Bonchev–Trinajstić information content (AvgIpc) is 0.779. The van der Waals surface area contributed by atoms with E-state index in [4.69, 9.17) is 9.97 Å². The van der Waals surface area contributed by atoms with Crippen LogP contribution >= 0.6 is 0 Å². The summed E-state index contributed by atoms with van der Waals surface area (Å²) in [5.74, 6) is 1.16. The Morgan fingerprint density at radius 2 is 0.531 bits per heavy atom. The zero-order valence-electron chi connectivity index (χ0n) is 81.1. The number of nitriles is 2. The fourth-order valence-electron chi connectivity index (χ4n) is 18.2. The van der Waals surface area contributed by atoms with E-state index in [0.717, 1.165) is 179 Å². The molecule has 716 valence electrons. The number of amides is 2. The summed E-state index contributed by atoms with van der Waals surface area (Å²) in [4.78, 5) is 30.9. The Morgan fingerprint density at radius 1 is 0.283 bits per heavy atom. The van der Waals surface area contributed by atoms with Crippen molar-refractivity contribution in [1.29, 1.82) is 10.5 Å². The summed E-state index contributed by atoms with van der Waals surface area (Å²) in [5, 5.41) is 111. The Morgan fingerprint density at radius 3 is 0.814 bits per heavy atom. The number of anilines is 2. The first-order valence-electron chi connectivity index (χ1n) is 47.8. The van der Waals surface area contributed by atoms with Crippen LogP contribution in [0.3, 0.4) is 0 Å². The molecule has 0 aliphatic rings. The highest BCUT2D eigenvalue weighted by molar-refractivity contribution is 6.03. The lowest BCUT2D eigenvalue weighted by atomic mass is 9.93. The molecule has 0 fully saturated rings. The third-order valence-electron chi connectivity index (χ3n) is 25.9. The standard InChI is InChI=1S/C33H33N3O2.C32H29N3O3.C31H25N2O2.C30H22N2O2/c1-36(2)14-13-34-33-31-19-30(22-38)29(21-37)18-27(31)20-32(35-33)28-16-25(23-9-5-3-6-10-23)15-26(17-28)24-11-7-4-8-12-24;1-35(2)32(38)34-31-29-17-28(20-37)27(19-36)16-25(29)18-30(33-31)26-14-23(21-9-5-3-6-10-21)13-24(15-26)22-11-7-4-8-12-22;1-33-30(17-25-15-27(19-34)28(20-35)16-29(25)31(33)18-32)26-13-23(21-8-4-2-5-9-21)12-24(14-26)22-10-6-3-7-11-22;31-17-30-28-15-27(19-34)26(18-33)14-24(28)16-29(32-30)25-12-22(20-7-3-1-4-8-20)11-23(13-25)21-9-5-2-6-10-21/h3-12,15-20,37-38H,13-14,21-22H2,1-2H3,(H,34,35);3-18,36-37H,19-20H2,1-2H3,(H,33,34,38);2-17,34-35H,19-20H2,1H3;1-16,33-34H,18-19H2/q;;+1;. The zero-order chi connectivity index (χ0) is 101. The van der Waals surface area contributed by atoms with Gasteiger partial charge in [0.15, 0.2) is 6.07 Å². The molecule has 19 heteroatoms. The predicted molar refractivity (Wildman–Crippen MR) is 582 cm³/mol. The van der Waals surface area contributed by atoms with Crippen molar-refractivity contribution >= 4 is 60.8 Å². The van der Waals surface area contributed by atoms with Crippen molar-refractivity contribution < 1.29 is 50.2 Å². The van der Waals surface area contributed by atoms with Gasteiger partial charge in [-0.2, -0.15) is 15.1 Å². The third-order valence-corrected chi connectivity index (χ3v) is 25.9. The molecule has 0 atom stereocenters. The molecule has 4 heterocycles. The minimum Gasteiger partial charge on any atom is -0.392 e. The van der Waals surface area contributed by atoms with Crippen molar-refractivity contribution in [2.24, 2.45) is 7.05 Å². The van der Waals surface area contributed by atoms with E-state index in [2.05, 4.69) is 239 Å². The van der Waals surface area contributed by atoms with E-state index < -0.39 is 0 Å². The lowest BCUT2D eigenvalue weighted by molar-refractivity contribution is -0.661. The van der Waals surface area contributed by atoms with Crippen LogP contribution in [0.1, 0.15) is 55.9 Å². The molecule has 4 aromatic heterocycles. The summed E-state index contributed by atoms with van der Waals surface area (Å²) in [6, 6.07) is 135. The molecule has 0 saturated heterocycles. The molecule has 0 unspecified atom stereocenters. The van der Waals surface area contributed by atoms with Crippen LogP contribution in [0, 0.1) is 22.7 Å². The molecule has 19 nitrogen and oxygen atoms in total. The molecule has 0 spiro atoms. The molecule has 0 radical (unpaired) electrons. The van der Waals surface area contributed by atoms with Crippen LogP contribution in [0.15, 0.2) is 388 Å². The van der Waals surface area contributed by atoms with Gasteiger partial charge in [0, 0.05) is 71.7 Å². The molecule has 145 heavy (non-hydrogen) atoms. The average molecular weight is 1910 g/mol. The zero-order valence-corrected chi connectivity index (χ0v) is 81.1. The van der Waals surface area contributed by atoms with Crippen molar-refractivity contribution in [3.63, 3.8) is 0 Å². The Kier molecular flexibility index (Phi) is 31.9. The minimum absolute atomic E-state index is 0.130. The maximum Gasteiger partial charge on any atom is 0.322 e. The number of nitrogens with one attached hydrogen (secondary N) is 2. The van der Waals surface area contributed by atoms with E-state index in [-0.39, 0.29) is 64.6 Å². The second kappa shape index (κ2) is 46.5. The van der Waals surface area contributed by atoms with Gasteiger partial charge in [0.05, 0.1) is 75.3 Å². The quantitative estimate of drug-likeness (QED) is 0.0238. The van der Waals surface area contributed by atoms with Crippen molar-refractivity contribution in [2.45, 2.75) is 52.9 Å². The summed E-state index contributed by atoms with van der Waals surface area (Å²) in [5.41, 5.74) is 30.4. The highest BCUT2D eigenvalue weighted by Crippen LogP contribution is 2.43. The van der Waals surface area contributed by atoms with Gasteiger partial charge in [-0.1, -0.05) is 243 Å². The number of carbonyl (C=O) groups excluding carboxylic acids is 1. The monoisotopic (exact) mass is 1910 g/mol. The number of nitrogens with zero attached hydrogens (tertiary/aromatic N) is 8. The van der Waals surface area contributed by atoms with Gasteiger partial charge in [-0.25, -0.2) is 19.7 Å². The van der Waals surface area contributed by atoms with Gasteiger partial charge < -0.3 is 56.0 Å². The fourth-order valence-corrected chi connectivity index (χ4v) is 18.2. The Balaban J connectivity index is 0.000000133. The molecule has 0 aliphatic heterocycles. The maximum atomic E-state index is 12.6. The van der Waals surface area contributed by atoms with Crippen molar-refractivity contribution in [2.75, 3.05) is 51.9 Å². The number of aromatic nitrogens is 4. The Bertz CT molecular complexity index is 7910. The van der Waals surface area contributed by atoms with Crippen molar-refractivity contribution in [3.05, 3.63) is 444 Å². The second-order valence-corrected chi connectivity index (χ2v) is 35.9. The Hall–Kier alpha value is -17.2. The van der Waals surface area contributed by atoms with Crippen LogP contribution in [0.4, 0.5) is 16.4 Å². The number of aliphatic hydroxyl groups is 8. The van der Waals surface area contributed by atoms with Gasteiger partial charge >= 0.3 is 6.03 Å². The first-order chi connectivity index (χ1) is 70.8. The highest BCUT2D eigenvalue weighted by atomic mass is 16.3. The van der Waals surface area contributed by atoms with Crippen LogP contribution in [0.5, 0.6) is 0 Å². The van der Waals surface area contributed by atoms with Gasteiger partial charge in [-0.05, 0) is 309 Å². The molecule has 0 aliphatic carbocycles. The maximum absolute atomic E-state index is 12.6. The van der Waals surface area contributed by atoms with E-state index in [1.54, 1.807) is 32.3 Å². The number of pyridine rings is 4. The normalized spacial score (nSPS) is 11.0. The van der Waals surface area contributed by atoms with E-state index >= 15 is 0 Å². The predicted octanol–water partition coefficient (Wildman–Crippen LogP) is 24.1. The molecule has 16 aromatic carbocycles. The first kappa shape index (κ1) is 99.4. The smallest absolute Gasteiger partial charge is 0.322 e. The van der Waals surface area contributed by atoms with Crippen molar-refractivity contribution in [3.8, 4) is 146 Å². The third kappa shape index (κ3) is 23.1. The van der Waals surface area contributed by atoms with Gasteiger partial charge in [-0.15, -0.1) is 0 Å². The van der Waals surface area contributed by atoms with Gasteiger partial charge in [0.25, 0.3) is 5.69 Å². The van der Waals surface area contributed by atoms with Crippen LogP contribution in [-0.2, 0) is 59.9 Å². The lowest BCUT2D eigenvalue weighted by Crippen LogP contribution is -2.35. The van der Waals surface area contributed by atoms with Gasteiger partial charge in [0.1, 0.15) is 30.4 Å². The molecule has 20 aromatic rings. The summed E-state index contributed by atoms with van der Waals surface area (Å²) >= 11 is 0. The fraction of sp³-hybridized carbons (Fsp3) is 0.119. The molecular weight excluding hydrogens is 1800 g/mol. The SMILES string of the molecule is CN(C)C(=O)Nc1nc(-c2cc(-c3ccccc3)cc(-c3ccccc3)c2)cc2cc(CO)c(CO)cc12.CN(C)CCNc1nc(-c2cc(-c3ccccc3)cc(-c3ccccc3)c2)cc2cc(CO)c(CO)cc12.C[n+]1c(-c2cc(-c3ccccc3)cc(-c3ccccc3)c2)cc2cc(CO)c(CO)cc2c1C#N.N#Cc1nc(-c2cc(-c3ccccc3)cc(-c3ccccc3)c2)cc2cc(CO)c(CO)cc12. The molecule has 0 saturated carbocycles. The first-order valence-corrected chi connectivity index (χ1v) is 47.8. The number of carbonyl (C=O) groups is 1. The van der Waals surface area contributed by atoms with Crippen LogP contribution < -0.4 is 15.2 Å². The van der Waals surface area contributed by atoms with E-state index in [9.17, 15) is 56.2 Å². The number of rotatable bonds is 25. The Labute approximate surface area is 843 Å². The topological polar surface area (TPSA) is 300 Å². The number of aliphatic hydroxyl groups excluding tert-OH is 8. The summed E-state index contributed by atoms with van der Waals surface area (Å²) in [6.45, 7) is 0.126. The lowest BCUT2D eigenvalue weighted by Gasteiger charge is -2.17. The van der Waals surface area contributed by atoms with Crippen LogP contribution in [-0.4, -0.2) is 113 Å². The molecular formula is C126H109N10O9+. The molecule has 20 rings (SSSR count). The highest BCUT2D eigenvalue weighted by Gasteiger charge is 2.26. The van der Waals surface area contributed by atoms with E-state index in [1.165, 1.54) is 4.90 Å². The molecule has 0 bridgehead atoms. The summed E-state index contributed by atoms with van der Waals surface area (Å²) in [6.07, 6.45) is 0. The van der Waals surface area contributed by atoms with Crippen LogP contribution in [0.2, 0.25) is 0 Å². The molecule has 2 amide bonds. The van der Waals surface area contributed by atoms with Gasteiger partial charge in [-0.3, -0.25) is 5.32 Å². The largest absolute Gasteiger partial charge is 0.392 e. The minimum atomic E-state index is -0.309.